The van der Waals surface area contributed by atoms with E-state index in [1.54, 1.807) is 0 Å². The van der Waals surface area contributed by atoms with Crippen LogP contribution in [0.25, 0.3) is 28.4 Å². The second-order valence-electron chi connectivity index (χ2n) is 15.5. The molecule has 0 radical (unpaired) electrons. The van der Waals surface area contributed by atoms with Gasteiger partial charge in [0, 0.05) is 24.3 Å². The molecule has 66 heavy (non-hydrogen) atoms. The number of carbonyl (C=O) groups is 1. The molecule has 15 N–H and O–H groups in total. The zero-order chi connectivity index (χ0) is 47.7. The van der Waals surface area contributed by atoms with Crippen LogP contribution in [-0.2, 0) is 28.5 Å². The number of ether oxygens (including phenoxy) is 7. The number of hydrogen-bond donors (Lipinski definition) is 15. The third kappa shape index (κ3) is 10.0. The van der Waals surface area contributed by atoms with Crippen molar-refractivity contribution in [1.29, 1.82) is 0 Å². The molecule has 3 aromatic carbocycles. The Labute approximate surface area is 371 Å². The lowest BCUT2D eigenvalue weighted by atomic mass is 9.97. The maximum Gasteiger partial charge on any atom is 0.402 e. The van der Waals surface area contributed by atoms with Gasteiger partial charge in [0.1, 0.15) is 90.6 Å². The molecule has 0 bridgehead atoms. The van der Waals surface area contributed by atoms with E-state index in [1.807, 2.05) is 0 Å². The van der Waals surface area contributed by atoms with Crippen molar-refractivity contribution in [2.24, 2.45) is 0 Å². The Morgan fingerprint density at radius 1 is 0.591 bits per heavy atom. The first-order valence-corrected chi connectivity index (χ1v) is 20.0. The molecule has 358 valence electrons. The maximum absolute atomic E-state index is 12.8. The van der Waals surface area contributed by atoms with Crippen molar-refractivity contribution in [2.75, 3.05) is 19.8 Å². The summed E-state index contributed by atoms with van der Waals surface area (Å²) < 4.78 is 46.4. The first-order valence-electron chi connectivity index (χ1n) is 20.0. The summed E-state index contributed by atoms with van der Waals surface area (Å²) in [5.74, 6) is -4.64. The fraction of sp³-hybridized carbons (Fsp3) is 0.429. The molecule has 3 fully saturated rings. The lowest BCUT2D eigenvalue weighted by Crippen LogP contribution is -2.65. The fourth-order valence-corrected chi connectivity index (χ4v) is 7.28. The van der Waals surface area contributed by atoms with Crippen molar-refractivity contribution in [1.82, 2.24) is 0 Å². The van der Waals surface area contributed by atoms with Gasteiger partial charge in [0.15, 0.2) is 35.4 Å². The Kier molecular flexibility index (Phi) is 14.7. The predicted molar refractivity (Wildman–Crippen MR) is 215 cm³/mol. The molecule has 0 aliphatic carbocycles. The van der Waals surface area contributed by atoms with E-state index < -0.39 is 152 Å². The molecule has 24 nitrogen and oxygen atoms in total. The summed E-state index contributed by atoms with van der Waals surface area (Å²) in [5.41, 5.74) is 0.0618. The Morgan fingerprint density at radius 2 is 1.17 bits per heavy atom. The minimum Gasteiger partial charge on any atom is -0.507 e. The highest BCUT2D eigenvalue weighted by atomic mass is 16.8. The highest BCUT2D eigenvalue weighted by molar-refractivity contribution is 5.89. The monoisotopic (exact) mass is 935 g/mol. The number of carbonyl (C=O) groups excluding carboxylic acids is 1. The molecule has 24 heteroatoms. The lowest BCUT2D eigenvalue weighted by molar-refractivity contribution is -0.357. The van der Waals surface area contributed by atoms with Crippen molar-refractivity contribution >= 4 is 23.0 Å². The summed E-state index contributed by atoms with van der Waals surface area (Å²) in [6, 6.07) is 10.4. The van der Waals surface area contributed by atoms with Crippen LogP contribution in [-0.4, -0.2) is 195 Å². The van der Waals surface area contributed by atoms with E-state index in [0.717, 1.165) is 36.4 Å². The number of phenols is 5. The van der Waals surface area contributed by atoms with Crippen molar-refractivity contribution in [3.8, 4) is 51.6 Å². The van der Waals surface area contributed by atoms with Crippen LogP contribution in [0.4, 0.5) is 0 Å². The van der Waals surface area contributed by atoms with Gasteiger partial charge < -0.3 is 110 Å². The van der Waals surface area contributed by atoms with E-state index in [4.69, 9.17) is 37.6 Å². The maximum atomic E-state index is 12.8. The molecule has 1 aromatic heterocycles. The van der Waals surface area contributed by atoms with Crippen molar-refractivity contribution < 1.29 is 119 Å². The fourth-order valence-electron chi connectivity index (χ4n) is 7.28. The summed E-state index contributed by atoms with van der Waals surface area (Å²) in [7, 11) is 0. The summed E-state index contributed by atoms with van der Waals surface area (Å²) >= 11 is 0. The molecule has 15 atom stereocenters. The average Bonchev–Trinajstić information content (AvgIpc) is 3.29. The van der Waals surface area contributed by atoms with Crippen molar-refractivity contribution in [2.45, 2.75) is 92.1 Å². The van der Waals surface area contributed by atoms with Gasteiger partial charge >= 0.3 is 17.3 Å². The number of fused-ring (bicyclic) bond motifs is 1. The summed E-state index contributed by atoms with van der Waals surface area (Å²) in [4.78, 5) is 12.8. The third-order valence-corrected chi connectivity index (χ3v) is 11.0. The highest BCUT2D eigenvalue weighted by Gasteiger charge is 2.52. The number of esters is 1. The van der Waals surface area contributed by atoms with Crippen molar-refractivity contribution in [3.63, 3.8) is 0 Å². The second kappa shape index (κ2) is 20.0. The average molecular weight is 936 g/mol. The number of benzene rings is 3. The largest absolute Gasteiger partial charge is 0.507 e. The minimum absolute atomic E-state index is 0.0241. The highest BCUT2D eigenvalue weighted by Crippen LogP contribution is 2.44. The van der Waals surface area contributed by atoms with E-state index in [1.165, 1.54) is 30.3 Å². The molecule has 4 aromatic rings. The van der Waals surface area contributed by atoms with Crippen LogP contribution in [0, 0.1) is 0 Å². The van der Waals surface area contributed by atoms with Crippen LogP contribution in [0.1, 0.15) is 5.56 Å². The molecule has 0 spiro atoms. The molecule has 3 saturated heterocycles. The molecule has 0 unspecified atom stereocenters. The standard InChI is InChI=1S/C42H46O24/c43-12-26-30(51)33(54)36(57)40(63-26)61-24-10-17(45)9-23-18(24)11-25(38(60-23)16-3-5-20(47)22(49)8-16)62-42-39(66-41-37(58)34(55)31(52)27(13-44)64-41)35(56)32(53)28(65-42)14-59-29(50)6-2-15-1-4-19(46)21(48)7-15/h1-11,26-28,30-37,39-44,51-58H,12-14H2,(H4-,45,46,47,48,49,50)/p+1/t26-,27-,28-,30-,31-,32-,33+,34+,35+,36-,37-,39-,40-,41+,42-/m1/s1. The summed E-state index contributed by atoms with van der Waals surface area (Å²) in [6.07, 6.45) is -25.6. The minimum atomic E-state index is -2.10. The van der Waals surface area contributed by atoms with Crippen LogP contribution in [0.3, 0.4) is 0 Å². The van der Waals surface area contributed by atoms with Crippen LogP contribution in [0.5, 0.6) is 40.2 Å². The normalized spacial score (nSPS) is 32.6. The topological polar surface area (TPSA) is 396 Å². The number of aliphatic hydroxyl groups is 10. The summed E-state index contributed by atoms with van der Waals surface area (Å²) in [5, 5.41) is 156. The van der Waals surface area contributed by atoms with Crippen LogP contribution in [0.15, 0.2) is 65.1 Å². The van der Waals surface area contributed by atoms with Crippen LogP contribution in [0.2, 0.25) is 0 Å². The zero-order valence-electron chi connectivity index (χ0n) is 34.0. The van der Waals surface area contributed by atoms with Gasteiger partial charge in [0.2, 0.25) is 18.3 Å². The van der Waals surface area contributed by atoms with E-state index >= 15 is 0 Å². The Hall–Kier alpha value is -5.68. The molecule has 0 saturated carbocycles. The van der Waals surface area contributed by atoms with Gasteiger partial charge in [0.25, 0.3) is 0 Å². The molecular weight excluding hydrogens is 888 g/mol. The van der Waals surface area contributed by atoms with Gasteiger partial charge in [-0.25, -0.2) is 9.21 Å². The van der Waals surface area contributed by atoms with Crippen LogP contribution >= 0.6 is 0 Å². The Balaban J connectivity index is 1.27. The first-order chi connectivity index (χ1) is 31.4. The van der Waals surface area contributed by atoms with Crippen LogP contribution < -0.4 is 9.47 Å². The molecule has 0 amide bonds. The van der Waals surface area contributed by atoms with E-state index in [9.17, 15) is 81.4 Å². The molecule has 3 aliphatic heterocycles. The number of phenolic OH excluding ortho intramolecular Hbond substituents is 5. The van der Waals surface area contributed by atoms with Crippen molar-refractivity contribution in [3.05, 3.63) is 66.2 Å². The van der Waals surface area contributed by atoms with Gasteiger partial charge in [-0.1, -0.05) is 6.07 Å². The smallest absolute Gasteiger partial charge is 0.402 e. The molecule has 7 rings (SSSR count). The van der Waals surface area contributed by atoms with Gasteiger partial charge in [-0.15, -0.1) is 0 Å². The number of rotatable bonds is 13. The zero-order valence-corrected chi connectivity index (χ0v) is 34.0. The Morgan fingerprint density at radius 3 is 1.80 bits per heavy atom. The SMILES string of the molecule is O=C(/C=C/c1ccc(O)c(O)c1)OC[C@H]1O[C@@H](Oc2cc3c(O[C@@H]4O[C@H](CO)[C@@H](O)[C@H](O)[C@H]4O)cc(O)cc3[o+]c2-c2ccc(O)c(O)c2)[C@H](O[C@@H]2O[C@H](CO)[C@@H](O)[C@H](O)[C@H]2O)[C@@H](O)[C@@H]1O. The number of aliphatic hydroxyl groups excluding tert-OH is 10. The van der Waals surface area contributed by atoms with E-state index in [0.29, 0.717) is 0 Å². The van der Waals surface area contributed by atoms with E-state index in [-0.39, 0.29) is 33.6 Å². The van der Waals surface area contributed by atoms with Gasteiger partial charge in [0.05, 0.1) is 24.8 Å². The molecule has 3 aliphatic rings. The molecular formula is C42H47O24+. The third-order valence-electron chi connectivity index (χ3n) is 11.0. The first kappa shape index (κ1) is 48.3. The number of aromatic hydroxyl groups is 5. The number of hydrogen-bond acceptors (Lipinski definition) is 23. The second-order valence-corrected chi connectivity index (χ2v) is 15.5. The quantitative estimate of drug-likeness (QED) is 0.0282. The van der Waals surface area contributed by atoms with Gasteiger partial charge in [-0.05, 0) is 35.9 Å². The van der Waals surface area contributed by atoms with Gasteiger partial charge in [-0.3, -0.25) is 0 Å². The summed E-state index contributed by atoms with van der Waals surface area (Å²) in [6.45, 7) is -2.47. The lowest BCUT2D eigenvalue weighted by Gasteiger charge is -2.45. The molecule has 4 heterocycles. The predicted octanol–water partition coefficient (Wildman–Crippen LogP) is -2.65. The van der Waals surface area contributed by atoms with E-state index in [2.05, 4.69) is 0 Å². The van der Waals surface area contributed by atoms with Gasteiger partial charge in [-0.2, -0.15) is 0 Å². The Bertz CT molecular complexity index is 2370.